The maximum Gasteiger partial charge on any atom is 0.0170 e. The first-order valence-electron chi connectivity index (χ1n) is 8.78. The van der Waals surface area contributed by atoms with Crippen LogP contribution < -0.4 is 5.73 Å². The van der Waals surface area contributed by atoms with Crippen LogP contribution in [0.5, 0.6) is 0 Å². The van der Waals surface area contributed by atoms with Gasteiger partial charge in [-0.1, -0.05) is 43.2 Å². The van der Waals surface area contributed by atoms with Gasteiger partial charge >= 0.3 is 0 Å². The second-order valence-electron chi connectivity index (χ2n) is 7.29. The van der Waals surface area contributed by atoms with Crippen molar-refractivity contribution >= 4 is 0 Å². The molecule has 0 bridgehead atoms. The van der Waals surface area contributed by atoms with Crippen LogP contribution in [0.1, 0.15) is 50.5 Å². The molecule has 0 aromatic heterocycles. The summed E-state index contributed by atoms with van der Waals surface area (Å²) < 4.78 is 0. The van der Waals surface area contributed by atoms with Gasteiger partial charge < -0.3 is 10.6 Å². The number of likely N-dealkylation sites (tertiary alicyclic amines) is 1. The quantitative estimate of drug-likeness (QED) is 0.896. The van der Waals surface area contributed by atoms with Gasteiger partial charge in [-0.05, 0) is 62.6 Å². The third-order valence-corrected chi connectivity index (χ3v) is 5.72. The van der Waals surface area contributed by atoms with E-state index in [0.717, 1.165) is 24.8 Å². The van der Waals surface area contributed by atoms with E-state index < -0.39 is 0 Å². The lowest BCUT2D eigenvalue weighted by Gasteiger charge is -2.40. The number of hydrogen-bond acceptors (Lipinski definition) is 2. The van der Waals surface area contributed by atoms with Crippen molar-refractivity contribution in [3.05, 3.63) is 35.9 Å². The van der Waals surface area contributed by atoms with Crippen molar-refractivity contribution in [3.63, 3.8) is 0 Å². The minimum Gasteiger partial charge on any atom is -0.327 e. The molecule has 2 nitrogen and oxygen atoms in total. The Balaban J connectivity index is 1.38. The smallest absolute Gasteiger partial charge is 0.0170 e. The second-order valence-corrected chi connectivity index (χ2v) is 7.29. The molecule has 1 saturated carbocycles. The van der Waals surface area contributed by atoms with Gasteiger partial charge in [0.1, 0.15) is 0 Å². The van der Waals surface area contributed by atoms with Gasteiger partial charge in [0.05, 0.1) is 0 Å². The highest BCUT2D eigenvalue weighted by atomic mass is 15.1. The van der Waals surface area contributed by atoms with Crippen molar-refractivity contribution in [2.24, 2.45) is 11.1 Å². The number of rotatable bonds is 5. The maximum absolute atomic E-state index is 6.36. The van der Waals surface area contributed by atoms with Gasteiger partial charge in [-0.3, -0.25) is 0 Å². The van der Waals surface area contributed by atoms with Crippen molar-refractivity contribution in [3.8, 4) is 0 Å². The first-order chi connectivity index (χ1) is 10.3. The van der Waals surface area contributed by atoms with Crippen molar-refractivity contribution in [2.45, 2.75) is 57.4 Å². The molecule has 2 heteroatoms. The highest BCUT2D eigenvalue weighted by Crippen LogP contribution is 2.46. The minimum absolute atomic E-state index is 0.322. The molecule has 0 amide bonds. The molecule has 21 heavy (non-hydrogen) atoms. The molecule has 3 rings (SSSR count). The molecule has 2 N–H and O–H groups in total. The van der Waals surface area contributed by atoms with E-state index in [1.807, 2.05) is 0 Å². The van der Waals surface area contributed by atoms with Crippen LogP contribution in [-0.4, -0.2) is 30.6 Å². The van der Waals surface area contributed by atoms with E-state index in [1.165, 1.54) is 57.2 Å². The maximum atomic E-state index is 6.36. The van der Waals surface area contributed by atoms with Crippen LogP contribution in [0.2, 0.25) is 0 Å². The highest BCUT2D eigenvalue weighted by molar-refractivity contribution is 5.14. The van der Waals surface area contributed by atoms with Gasteiger partial charge in [0.15, 0.2) is 0 Å². The standard InChI is InChI=1S/C19H30N2/c20-18(9-8-17-6-2-1-3-7-17)16-21-14-12-19(13-15-21)10-4-5-11-19/h1-3,6-7,18H,4-5,8-16,20H2. The molecule has 1 heterocycles. The summed E-state index contributed by atoms with van der Waals surface area (Å²) in [5, 5.41) is 0. The average molecular weight is 286 g/mol. The zero-order chi connectivity index (χ0) is 14.5. The fourth-order valence-corrected chi connectivity index (χ4v) is 4.25. The molecule has 116 valence electrons. The minimum atomic E-state index is 0.322. The Labute approximate surface area is 129 Å². The molecule has 0 radical (unpaired) electrons. The topological polar surface area (TPSA) is 29.3 Å². The molecular weight excluding hydrogens is 256 g/mol. The molecule has 1 aliphatic heterocycles. The zero-order valence-electron chi connectivity index (χ0n) is 13.3. The molecule has 1 aromatic carbocycles. The molecule has 1 atom stereocenters. The Morgan fingerprint density at radius 2 is 1.67 bits per heavy atom. The average Bonchev–Trinajstić information content (AvgIpc) is 2.97. The summed E-state index contributed by atoms with van der Waals surface area (Å²) in [5.74, 6) is 0. The lowest BCUT2D eigenvalue weighted by Crippen LogP contribution is -2.44. The Hall–Kier alpha value is -0.860. The molecule has 1 aliphatic carbocycles. The molecule has 1 unspecified atom stereocenters. The number of piperidine rings is 1. The largest absolute Gasteiger partial charge is 0.327 e. The van der Waals surface area contributed by atoms with E-state index in [9.17, 15) is 0 Å². The number of aryl methyl sites for hydroxylation is 1. The summed E-state index contributed by atoms with van der Waals surface area (Å²) in [5.41, 5.74) is 8.50. The summed E-state index contributed by atoms with van der Waals surface area (Å²) in [4.78, 5) is 2.61. The van der Waals surface area contributed by atoms with E-state index in [0.29, 0.717) is 6.04 Å². The summed E-state index contributed by atoms with van der Waals surface area (Å²) in [6.07, 6.45) is 11.0. The molecular formula is C19H30N2. The van der Waals surface area contributed by atoms with E-state index in [2.05, 4.69) is 35.2 Å². The predicted octanol–water partition coefficient (Wildman–Crippen LogP) is 3.60. The number of hydrogen-bond donors (Lipinski definition) is 1. The first-order valence-corrected chi connectivity index (χ1v) is 8.78. The van der Waals surface area contributed by atoms with E-state index in [-0.39, 0.29) is 0 Å². The summed E-state index contributed by atoms with van der Waals surface area (Å²) in [6.45, 7) is 3.64. The monoisotopic (exact) mass is 286 g/mol. The molecule has 2 aliphatic rings. The van der Waals surface area contributed by atoms with Gasteiger partial charge in [0, 0.05) is 12.6 Å². The van der Waals surface area contributed by atoms with Crippen molar-refractivity contribution in [1.29, 1.82) is 0 Å². The van der Waals surface area contributed by atoms with E-state index in [1.54, 1.807) is 0 Å². The highest BCUT2D eigenvalue weighted by Gasteiger charge is 2.36. The lowest BCUT2D eigenvalue weighted by molar-refractivity contribution is 0.103. The third-order valence-electron chi connectivity index (χ3n) is 5.72. The van der Waals surface area contributed by atoms with Crippen LogP contribution in [-0.2, 0) is 6.42 Å². The second kappa shape index (κ2) is 6.93. The molecule has 1 aromatic rings. The third kappa shape index (κ3) is 4.08. The van der Waals surface area contributed by atoms with Crippen LogP contribution >= 0.6 is 0 Å². The summed E-state index contributed by atoms with van der Waals surface area (Å²) in [6, 6.07) is 11.0. The zero-order valence-corrected chi connectivity index (χ0v) is 13.3. The van der Waals surface area contributed by atoms with Crippen LogP contribution in [0, 0.1) is 5.41 Å². The van der Waals surface area contributed by atoms with Gasteiger partial charge in [-0.25, -0.2) is 0 Å². The SMILES string of the molecule is NC(CCc1ccccc1)CN1CCC2(CCCC2)CC1. The Morgan fingerprint density at radius 1 is 1.00 bits per heavy atom. The summed E-state index contributed by atoms with van der Waals surface area (Å²) >= 11 is 0. The first kappa shape index (κ1) is 15.1. The normalized spacial score (nSPS) is 23.5. The van der Waals surface area contributed by atoms with Gasteiger partial charge in [0.2, 0.25) is 0 Å². The van der Waals surface area contributed by atoms with E-state index >= 15 is 0 Å². The van der Waals surface area contributed by atoms with Crippen LogP contribution in [0.4, 0.5) is 0 Å². The lowest BCUT2D eigenvalue weighted by atomic mass is 9.77. The molecule has 2 fully saturated rings. The van der Waals surface area contributed by atoms with Gasteiger partial charge in [0.25, 0.3) is 0 Å². The Morgan fingerprint density at radius 3 is 2.33 bits per heavy atom. The van der Waals surface area contributed by atoms with Gasteiger partial charge in [-0.2, -0.15) is 0 Å². The van der Waals surface area contributed by atoms with Crippen molar-refractivity contribution in [2.75, 3.05) is 19.6 Å². The Kier molecular flexibility index (Phi) is 4.97. The molecule has 1 spiro atoms. The fraction of sp³-hybridized carbons (Fsp3) is 0.684. The predicted molar refractivity (Wildman–Crippen MR) is 89.3 cm³/mol. The van der Waals surface area contributed by atoms with Crippen molar-refractivity contribution in [1.82, 2.24) is 4.90 Å². The number of nitrogens with two attached hydrogens (primary N) is 1. The molecule has 1 saturated heterocycles. The number of benzene rings is 1. The van der Waals surface area contributed by atoms with Crippen LogP contribution in [0.3, 0.4) is 0 Å². The number of nitrogens with zero attached hydrogens (tertiary/aromatic N) is 1. The Bertz CT molecular complexity index is 412. The van der Waals surface area contributed by atoms with Crippen LogP contribution in [0.15, 0.2) is 30.3 Å². The van der Waals surface area contributed by atoms with Gasteiger partial charge in [-0.15, -0.1) is 0 Å². The van der Waals surface area contributed by atoms with Crippen LogP contribution in [0.25, 0.3) is 0 Å². The summed E-state index contributed by atoms with van der Waals surface area (Å²) in [7, 11) is 0. The van der Waals surface area contributed by atoms with E-state index in [4.69, 9.17) is 5.73 Å². The fourth-order valence-electron chi connectivity index (χ4n) is 4.25. The van der Waals surface area contributed by atoms with Crippen molar-refractivity contribution < 1.29 is 0 Å².